The number of ether oxygens (including phenoxy) is 1. The van der Waals surface area contributed by atoms with Crippen molar-refractivity contribution in [2.75, 3.05) is 6.61 Å². The molecule has 1 aromatic carbocycles. The summed E-state index contributed by atoms with van der Waals surface area (Å²) in [6.07, 6.45) is -2.05. The van der Waals surface area contributed by atoms with E-state index in [0.29, 0.717) is 5.69 Å². The van der Waals surface area contributed by atoms with E-state index in [-0.39, 0.29) is 11.3 Å². The number of benzene rings is 1. The number of hydrogen-bond donors (Lipinski definition) is 0. The minimum Gasteiger partial charge on any atom is -0.487 e. The van der Waals surface area contributed by atoms with Crippen LogP contribution in [0.5, 0.6) is 5.75 Å². The van der Waals surface area contributed by atoms with Gasteiger partial charge in [0, 0.05) is 10.4 Å². The summed E-state index contributed by atoms with van der Waals surface area (Å²) in [5, 5.41) is 0. The average molecular weight is 379 g/mol. The van der Waals surface area contributed by atoms with E-state index >= 15 is 0 Å². The van der Waals surface area contributed by atoms with Crippen LogP contribution >= 0.6 is 11.5 Å². The molecule has 3 nitrogen and oxygen atoms in total. The van der Waals surface area contributed by atoms with Crippen LogP contribution in [-0.2, 0) is 12.8 Å². The van der Waals surface area contributed by atoms with Crippen LogP contribution in [0.4, 0.5) is 22.0 Å². The van der Waals surface area contributed by atoms with Gasteiger partial charge >= 0.3 is 12.1 Å². The monoisotopic (exact) mass is 379 g/mol. The largest absolute Gasteiger partial charge is 0.487 e. The van der Waals surface area contributed by atoms with Crippen molar-refractivity contribution < 1.29 is 26.7 Å². The quantitative estimate of drug-likeness (QED) is 0.740. The number of aromatic nitrogens is 1. The molecule has 3 rings (SSSR count). The van der Waals surface area contributed by atoms with Gasteiger partial charge in [-0.05, 0) is 49.9 Å². The fraction of sp³-hybridized carbons (Fsp3) is 0.438. The molecule has 2 aromatic rings. The van der Waals surface area contributed by atoms with Gasteiger partial charge in [0.2, 0.25) is 0 Å². The molecule has 25 heavy (non-hydrogen) atoms. The average Bonchev–Trinajstić information content (AvgIpc) is 2.90. The van der Waals surface area contributed by atoms with Crippen LogP contribution in [0.25, 0.3) is 5.69 Å². The van der Waals surface area contributed by atoms with Gasteiger partial charge in [-0.3, -0.25) is 4.79 Å². The van der Waals surface area contributed by atoms with Crippen LogP contribution in [-0.4, -0.2) is 22.7 Å². The van der Waals surface area contributed by atoms with E-state index in [0.717, 1.165) is 36.1 Å². The zero-order valence-corrected chi connectivity index (χ0v) is 13.7. The Kier molecular flexibility index (Phi) is 4.61. The van der Waals surface area contributed by atoms with Gasteiger partial charge in [-0.2, -0.15) is 22.0 Å². The number of nitrogens with zero attached hydrogens (tertiary/aromatic N) is 1. The van der Waals surface area contributed by atoms with E-state index in [1.165, 1.54) is 39.8 Å². The van der Waals surface area contributed by atoms with Crippen molar-refractivity contribution in [2.45, 2.75) is 37.8 Å². The first-order valence-electron chi connectivity index (χ1n) is 7.61. The van der Waals surface area contributed by atoms with Crippen LogP contribution in [0, 0.1) is 0 Å². The first kappa shape index (κ1) is 17.9. The van der Waals surface area contributed by atoms with Crippen molar-refractivity contribution in [1.82, 2.24) is 3.96 Å². The Labute approximate surface area is 143 Å². The summed E-state index contributed by atoms with van der Waals surface area (Å²) in [5.74, 6) is -5.04. The van der Waals surface area contributed by atoms with Crippen molar-refractivity contribution >= 4 is 11.5 Å². The summed E-state index contributed by atoms with van der Waals surface area (Å²) >= 11 is 1.34. The number of aryl methyl sites for hydroxylation is 1. The maximum atomic E-state index is 12.9. The first-order valence-corrected chi connectivity index (χ1v) is 8.38. The Morgan fingerprint density at radius 1 is 1.04 bits per heavy atom. The van der Waals surface area contributed by atoms with Crippen molar-refractivity contribution in [2.24, 2.45) is 0 Å². The molecule has 1 heterocycles. The summed E-state index contributed by atoms with van der Waals surface area (Å²) in [7, 11) is 0. The lowest BCUT2D eigenvalue weighted by Gasteiger charge is -2.19. The molecule has 0 N–H and O–H groups in total. The highest BCUT2D eigenvalue weighted by Gasteiger charge is 2.58. The highest BCUT2D eigenvalue weighted by atomic mass is 32.1. The predicted octanol–water partition coefficient (Wildman–Crippen LogP) is 4.35. The molecular formula is C16H14F5NO2S. The maximum Gasteiger partial charge on any atom is 0.456 e. The third-order valence-corrected chi connectivity index (χ3v) is 5.20. The van der Waals surface area contributed by atoms with Crippen LogP contribution < -0.4 is 10.3 Å². The predicted molar refractivity (Wildman–Crippen MR) is 83.1 cm³/mol. The van der Waals surface area contributed by atoms with Crippen molar-refractivity contribution in [3.63, 3.8) is 0 Å². The van der Waals surface area contributed by atoms with Crippen LogP contribution in [0.15, 0.2) is 29.1 Å². The van der Waals surface area contributed by atoms with Gasteiger partial charge in [-0.15, -0.1) is 0 Å². The molecule has 0 saturated heterocycles. The van der Waals surface area contributed by atoms with Gasteiger partial charge < -0.3 is 4.74 Å². The van der Waals surface area contributed by atoms with E-state index in [1.54, 1.807) is 0 Å². The minimum absolute atomic E-state index is 0.100. The van der Waals surface area contributed by atoms with E-state index in [9.17, 15) is 26.7 Å². The van der Waals surface area contributed by atoms with Gasteiger partial charge in [-0.25, -0.2) is 3.96 Å². The van der Waals surface area contributed by atoms with Crippen LogP contribution in [0.2, 0.25) is 0 Å². The third kappa shape index (κ3) is 3.56. The van der Waals surface area contributed by atoms with Crippen LogP contribution in [0.1, 0.15) is 23.3 Å². The molecule has 136 valence electrons. The molecule has 1 aliphatic carbocycles. The van der Waals surface area contributed by atoms with Gasteiger partial charge in [0.1, 0.15) is 5.75 Å². The Bertz CT molecular complexity index is 807. The maximum absolute atomic E-state index is 12.9. The highest BCUT2D eigenvalue weighted by Crippen LogP contribution is 2.35. The SMILES string of the molecule is O=c1c2c(sn1-c1ccc(OCC(F)(F)C(F)(F)F)cc1)CCCC2. The van der Waals surface area contributed by atoms with Gasteiger partial charge in [-0.1, -0.05) is 11.5 Å². The zero-order valence-electron chi connectivity index (χ0n) is 12.9. The number of hydrogen-bond acceptors (Lipinski definition) is 3. The van der Waals surface area contributed by atoms with Gasteiger partial charge in [0.25, 0.3) is 5.56 Å². The molecule has 0 unspecified atom stereocenters. The standard InChI is InChI=1S/C16H14F5NO2S/c17-15(18,16(19,20)21)9-24-11-7-5-10(6-8-11)22-14(23)12-3-1-2-4-13(12)25-22/h5-8H,1-4,9H2. The van der Waals surface area contributed by atoms with Gasteiger partial charge in [0.15, 0.2) is 6.61 Å². The molecule has 0 bridgehead atoms. The second kappa shape index (κ2) is 6.44. The van der Waals surface area contributed by atoms with E-state index in [4.69, 9.17) is 0 Å². The summed E-state index contributed by atoms with van der Waals surface area (Å²) in [6, 6.07) is 5.47. The molecule has 0 radical (unpaired) electrons. The first-order chi connectivity index (χ1) is 11.7. The molecule has 0 amide bonds. The second-order valence-corrected chi connectivity index (χ2v) is 6.82. The summed E-state index contributed by atoms with van der Waals surface area (Å²) < 4.78 is 68.1. The Balaban J connectivity index is 1.75. The zero-order chi connectivity index (χ0) is 18.2. The summed E-state index contributed by atoms with van der Waals surface area (Å²) in [6.45, 7) is -1.79. The molecule has 9 heteroatoms. The number of fused-ring (bicyclic) bond motifs is 1. The second-order valence-electron chi connectivity index (χ2n) is 5.78. The molecule has 0 atom stereocenters. The fourth-order valence-corrected chi connectivity index (χ4v) is 3.76. The highest BCUT2D eigenvalue weighted by molar-refractivity contribution is 7.07. The molecule has 0 fully saturated rings. The minimum atomic E-state index is -5.66. The lowest BCUT2D eigenvalue weighted by atomic mass is 10.00. The van der Waals surface area contributed by atoms with Crippen LogP contribution in [0.3, 0.4) is 0 Å². The number of rotatable bonds is 4. The van der Waals surface area contributed by atoms with Gasteiger partial charge in [0.05, 0.1) is 5.69 Å². The molecule has 0 aliphatic heterocycles. The topological polar surface area (TPSA) is 31.2 Å². The number of alkyl halides is 5. The van der Waals surface area contributed by atoms with E-state index in [2.05, 4.69) is 4.74 Å². The number of halogens is 5. The molecule has 0 spiro atoms. The van der Waals surface area contributed by atoms with Crippen molar-refractivity contribution in [3.05, 3.63) is 45.1 Å². The Morgan fingerprint density at radius 3 is 2.28 bits per heavy atom. The smallest absolute Gasteiger partial charge is 0.456 e. The van der Waals surface area contributed by atoms with Crippen molar-refractivity contribution in [1.29, 1.82) is 0 Å². The van der Waals surface area contributed by atoms with E-state index < -0.39 is 18.7 Å². The Hall–Kier alpha value is -1.90. The fourth-order valence-electron chi connectivity index (χ4n) is 2.58. The molecule has 0 saturated carbocycles. The third-order valence-electron chi connectivity index (χ3n) is 3.97. The lowest BCUT2D eigenvalue weighted by molar-refractivity contribution is -0.290. The summed E-state index contributed by atoms with van der Waals surface area (Å²) in [5.41, 5.74) is 1.23. The summed E-state index contributed by atoms with van der Waals surface area (Å²) in [4.78, 5) is 13.4. The normalized spacial score (nSPS) is 15.1. The molecular weight excluding hydrogens is 365 g/mol. The Morgan fingerprint density at radius 2 is 1.68 bits per heavy atom. The van der Waals surface area contributed by atoms with Crippen molar-refractivity contribution in [3.8, 4) is 11.4 Å². The lowest BCUT2D eigenvalue weighted by Crippen LogP contribution is -2.41. The molecule has 1 aliphatic rings. The molecule has 1 aromatic heterocycles. The van der Waals surface area contributed by atoms with E-state index in [1.807, 2.05) is 0 Å².